The molecule has 8 nitrogen and oxygen atoms in total. The van der Waals surface area contributed by atoms with E-state index >= 15 is 0 Å². The Labute approximate surface area is 204 Å². The molecule has 5 rings (SSSR count). The fourth-order valence-electron chi connectivity index (χ4n) is 4.29. The van der Waals surface area contributed by atoms with E-state index in [0.717, 1.165) is 66.4 Å². The van der Waals surface area contributed by atoms with Gasteiger partial charge in [-0.15, -0.1) is 0 Å². The molecule has 178 valence electrons. The molecule has 1 fully saturated rings. The first kappa shape index (κ1) is 22.9. The van der Waals surface area contributed by atoms with Crippen LogP contribution in [0.3, 0.4) is 0 Å². The first-order valence-corrected chi connectivity index (χ1v) is 11.7. The third kappa shape index (κ3) is 5.62. The highest BCUT2D eigenvalue weighted by molar-refractivity contribution is 5.92. The van der Waals surface area contributed by atoms with Crippen molar-refractivity contribution in [2.24, 2.45) is 0 Å². The fourth-order valence-corrected chi connectivity index (χ4v) is 4.29. The van der Waals surface area contributed by atoms with E-state index in [-0.39, 0.29) is 12.5 Å². The summed E-state index contributed by atoms with van der Waals surface area (Å²) in [6, 6.07) is 18.0. The summed E-state index contributed by atoms with van der Waals surface area (Å²) in [4.78, 5) is 30.3. The van der Waals surface area contributed by atoms with Crippen LogP contribution in [0.15, 0.2) is 73.2 Å². The zero-order chi connectivity index (χ0) is 24.0. The third-order valence-electron chi connectivity index (χ3n) is 6.13. The van der Waals surface area contributed by atoms with E-state index in [2.05, 4.69) is 37.2 Å². The summed E-state index contributed by atoms with van der Waals surface area (Å²) >= 11 is 0. The van der Waals surface area contributed by atoms with Crippen molar-refractivity contribution in [3.8, 4) is 11.1 Å². The molecule has 1 aliphatic heterocycles. The van der Waals surface area contributed by atoms with Crippen molar-refractivity contribution in [3.05, 3.63) is 78.8 Å². The Morgan fingerprint density at radius 2 is 1.77 bits per heavy atom. The normalized spacial score (nSPS) is 14.3. The van der Waals surface area contributed by atoms with E-state index < -0.39 is 0 Å². The maximum absolute atomic E-state index is 11.7. The molecule has 1 aliphatic rings. The van der Waals surface area contributed by atoms with Crippen LogP contribution in [-0.2, 0) is 16.1 Å². The van der Waals surface area contributed by atoms with Crippen molar-refractivity contribution in [1.29, 1.82) is 0 Å². The second-order valence-electron chi connectivity index (χ2n) is 8.61. The van der Waals surface area contributed by atoms with Gasteiger partial charge in [0.2, 0.25) is 5.91 Å². The molecule has 0 unspecified atom stereocenters. The number of nitrogens with zero attached hydrogens (tertiary/aromatic N) is 5. The lowest BCUT2D eigenvalue weighted by Gasteiger charge is -2.35. The molecule has 2 aromatic heterocycles. The number of hydrogen-bond donors (Lipinski definition) is 1. The summed E-state index contributed by atoms with van der Waals surface area (Å²) in [5, 5.41) is 2.81. The number of carbonyl (C=O) groups is 1. The Bertz CT molecular complexity index is 1290. The number of piperazine rings is 1. The van der Waals surface area contributed by atoms with Crippen LogP contribution in [-0.4, -0.2) is 65.7 Å². The highest BCUT2D eigenvalue weighted by Crippen LogP contribution is 2.26. The number of carbonyl (C=O) groups excluding carboxylic acids is 1. The van der Waals surface area contributed by atoms with Gasteiger partial charge >= 0.3 is 0 Å². The number of hydrogen-bond acceptors (Lipinski definition) is 7. The minimum Gasteiger partial charge on any atom is -0.375 e. The van der Waals surface area contributed by atoms with E-state index in [1.54, 1.807) is 0 Å². The minimum absolute atomic E-state index is 0.0347. The molecule has 0 saturated carbocycles. The standard InChI is InChI=1S/C27H28N6O2/c1-35-19-27(34)30-23-7-4-21(5-8-23)22-6-9-24-25(15-22)31-26(17-29-24)33-13-11-32(12-14-33)18-20-3-2-10-28-16-20/h2-10,15-17H,11-14,18-19H2,1H3,(H,30,34). The van der Waals surface area contributed by atoms with Gasteiger partial charge in [-0.3, -0.25) is 19.7 Å². The molecule has 3 heterocycles. The lowest BCUT2D eigenvalue weighted by Crippen LogP contribution is -2.46. The number of methoxy groups -OCH3 is 1. The van der Waals surface area contributed by atoms with E-state index in [1.165, 1.54) is 12.7 Å². The number of pyridine rings is 1. The maximum Gasteiger partial charge on any atom is 0.250 e. The summed E-state index contributed by atoms with van der Waals surface area (Å²) in [5.41, 5.74) is 5.82. The number of rotatable bonds is 7. The average Bonchev–Trinajstić information content (AvgIpc) is 2.90. The van der Waals surface area contributed by atoms with Crippen LogP contribution in [0.5, 0.6) is 0 Å². The molecule has 0 radical (unpaired) electrons. The van der Waals surface area contributed by atoms with Crippen molar-refractivity contribution in [1.82, 2.24) is 19.9 Å². The van der Waals surface area contributed by atoms with Crippen LogP contribution in [0, 0.1) is 0 Å². The van der Waals surface area contributed by atoms with Gasteiger partial charge in [-0.05, 0) is 47.0 Å². The summed E-state index contributed by atoms with van der Waals surface area (Å²) in [6.07, 6.45) is 5.62. The van der Waals surface area contributed by atoms with Crippen LogP contribution in [0.4, 0.5) is 11.5 Å². The van der Waals surface area contributed by atoms with Gasteiger partial charge in [0, 0.05) is 57.9 Å². The lowest BCUT2D eigenvalue weighted by molar-refractivity contribution is -0.119. The first-order chi connectivity index (χ1) is 17.2. The van der Waals surface area contributed by atoms with Gasteiger partial charge in [0.25, 0.3) is 0 Å². The Hall–Kier alpha value is -3.88. The van der Waals surface area contributed by atoms with Crippen molar-refractivity contribution in [2.45, 2.75) is 6.54 Å². The van der Waals surface area contributed by atoms with E-state index in [1.807, 2.05) is 61.1 Å². The minimum atomic E-state index is -0.174. The summed E-state index contributed by atoms with van der Waals surface area (Å²) in [6.45, 7) is 4.73. The van der Waals surface area contributed by atoms with Gasteiger partial charge in [-0.2, -0.15) is 0 Å². The number of nitrogens with one attached hydrogen (secondary N) is 1. The summed E-state index contributed by atoms with van der Waals surface area (Å²) in [5.74, 6) is 0.735. The lowest BCUT2D eigenvalue weighted by atomic mass is 10.0. The van der Waals surface area contributed by atoms with Gasteiger partial charge in [-0.25, -0.2) is 4.98 Å². The average molecular weight is 469 g/mol. The highest BCUT2D eigenvalue weighted by Gasteiger charge is 2.19. The van der Waals surface area contributed by atoms with Crippen molar-refractivity contribution < 1.29 is 9.53 Å². The molecule has 0 aliphatic carbocycles. The molecule has 0 atom stereocenters. The van der Waals surface area contributed by atoms with Gasteiger partial charge < -0.3 is 15.0 Å². The molecule has 35 heavy (non-hydrogen) atoms. The van der Waals surface area contributed by atoms with Crippen LogP contribution in [0.2, 0.25) is 0 Å². The van der Waals surface area contributed by atoms with E-state index in [0.29, 0.717) is 0 Å². The number of ether oxygens (including phenoxy) is 1. The molecule has 4 aromatic rings. The van der Waals surface area contributed by atoms with Crippen molar-refractivity contribution >= 4 is 28.4 Å². The van der Waals surface area contributed by atoms with Crippen LogP contribution in [0.1, 0.15) is 5.56 Å². The number of amides is 1. The Morgan fingerprint density at radius 1 is 0.971 bits per heavy atom. The molecular formula is C27H28N6O2. The molecule has 1 amide bonds. The summed E-state index contributed by atoms with van der Waals surface area (Å²) in [7, 11) is 1.50. The Kier molecular flexibility index (Phi) is 6.92. The molecule has 0 bridgehead atoms. The monoisotopic (exact) mass is 468 g/mol. The Morgan fingerprint density at radius 3 is 2.51 bits per heavy atom. The molecule has 1 N–H and O–H groups in total. The molecule has 8 heteroatoms. The quantitative estimate of drug-likeness (QED) is 0.444. The smallest absolute Gasteiger partial charge is 0.250 e. The third-order valence-corrected chi connectivity index (χ3v) is 6.13. The number of fused-ring (bicyclic) bond motifs is 1. The summed E-state index contributed by atoms with van der Waals surface area (Å²) < 4.78 is 4.86. The molecule has 1 saturated heterocycles. The number of anilines is 2. The van der Waals surface area contributed by atoms with Crippen molar-refractivity contribution in [2.75, 3.05) is 50.1 Å². The number of aromatic nitrogens is 3. The molecule has 2 aromatic carbocycles. The largest absolute Gasteiger partial charge is 0.375 e. The van der Waals surface area contributed by atoms with Crippen molar-refractivity contribution in [3.63, 3.8) is 0 Å². The molecule has 0 spiro atoms. The fraction of sp³-hybridized carbons (Fsp3) is 0.259. The van der Waals surface area contributed by atoms with Gasteiger partial charge in [0.05, 0.1) is 17.2 Å². The maximum atomic E-state index is 11.7. The zero-order valence-electron chi connectivity index (χ0n) is 19.7. The van der Waals surface area contributed by atoms with E-state index in [9.17, 15) is 4.79 Å². The van der Waals surface area contributed by atoms with Gasteiger partial charge in [0.15, 0.2) is 0 Å². The van der Waals surface area contributed by atoms with Crippen LogP contribution < -0.4 is 10.2 Å². The second kappa shape index (κ2) is 10.6. The SMILES string of the molecule is COCC(=O)Nc1ccc(-c2ccc3ncc(N4CCN(Cc5cccnc5)CC4)nc3c2)cc1. The predicted octanol–water partition coefficient (Wildman–Crippen LogP) is 3.60. The zero-order valence-corrected chi connectivity index (χ0v) is 19.7. The second-order valence-corrected chi connectivity index (χ2v) is 8.61. The van der Waals surface area contributed by atoms with E-state index in [4.69, 9.17) is 9.72 Å². The van der Waals surface area contributed by atoms with Crippen LogP contribution >= 0.6 is 0 Å². The predicted molar refractivity (Wildman–Crippen MR) is 137 cm³/mol. The van der Waals surface area contributed by atoms with Gasteiger partial charge in [0.1, 0.15) is 12.4 Å². The van der Waals surface area contributed by atoms with Crippen LogP contribution in [0.25, 0.3) is 22.2 Å². The molecular weight excluding hydrogens is 440 g/mol. The topological polar surface area (TPSA) is 83.5 Å². The van der Waals surface area contributed by atoms with Gasteiger partial charge in [-0.1, -0.05) is 24.3 Å². The highest BCUT2D eigenvalue weighted by atomic mass is 16.5. The Balaban J connectivity index is 1.27. The first-order valence-electron chi connectivity index (χ1n) is 11.7. The number of benzene rings is 2.